The van der Waals surface area contributed by atoms with Crippen LogP contribution in [0.25, 0.3) is 0 Å². The predicted octanol–water partition coefficient (Wildman–Crippen LogP) is 3.81. The molecule has 2 aliphatic carbocycles. The maximum absolute atomic E-state index is 2.86. The highest BCUT2D eigenvalue weighted by atomic mass is 15.3. The Balaban J connectivity index is 1.67. The van der Waals surface area contributed by atoms with Crippen LogP contribution in [-0.4, -0.2) is 23.5 Å². The van der Waals surface area contributed by atoms with Gasteiger partial charge in [-0.3, -0.25) is 4.90 Å². The van der Waals surface area contributed by atoms with Crippen molar-refractivity contribution in [2.45, 2.75) is 50.0 Å². The molecule has 1 heteroatoms. The zero-order chi connectivity index (χ0) is 12.0. The van der Waals surface area contributed by atoms with Gasteiger partial charge < -0.3 is 0 Å². The Bertz CT molecular complexity index is 420. The SMILES string of the molecule is c1ccc([C@@H]2[C@@H]3CCCC[C@]23N2CCCC2)cc1. The van der Waals surface area contributed by atoms with E-state index in [4.69, 9.17) is 0 Å². The summed E-state index contributed by atoms with van der Waals surface area (Å²) in [7, 11) is 0. The first-order valence-corrected chi connectivity index (χ1v) is 7.73. The van der Waals surface area contributed by atoms with E-state index in [1.165, 1.54) is 51.6 Å². The molecule has 96 valence electrons. The molecule has 0 amide bonds. The van der Waals surface area contributed by atoms with Crippen LogP contribution in [-0.2, 0) is 0 Å². The second kappa shape index (κ2) is 4.09. The van der Waals surface area contributed by atoms with Crippen molar-refractivity contribution in [1.29, 1.82) is 0 Å². The van der Waals surface area contributed by atoms with Crippen molar-refractivity contribution in [2.75, 3.05) is 13.1 Å². The number of nitrogens with zero attached hydrogens (tertiary/aromatic N) is 1. The van der Waals surface area contributed by atoms with Crippen LogP contribution >= 0.6 is 0 Å². The van der Waals surface area contributed by atoms with E-state index in [2.05, 4.69) is 35.2 Å². The smallest absolute Gasteiger partial charge is 0.0316 e. The highest BCUT2D eigenvalue weighted by Gasteiger charge is 2.67. The van der Waals surface area contributed by atoms with Crippen molar-refractivity contribution in [1.82, 2.24) is 4.90 Å². The van der Waals surface area contributed by atoms with Crippen LogP contribution in [0.2, 0.25) is 0 Å². The summed E-state index contributed by atoms with van der Waals surface area (Å²) in [6.07, 6.45) is 8.69. The lowest BCUT2D eigenvalue weighted by molar-refractivity contribution is 0.165. The molecule has 1 heterocycles. The second-order valence-corrected chi connectivity index (χ2v) is 6.43. The van der Waals surface area contributed by atoms with Gasteiger partial charge in [0.1, 0.15) is 0 Å². The van der Waals surface area contributed by atoms with Gasteiger partial charge in [0.15, 0.2) is 0 Å². The van der Waals surface area contributed by atoms with Gasteiger partial charge in [0.25, 0.3) is 0 Å². The van der Waals surface area contributed by atoms with Gasteiger partial charge in [0.05, 0.1) is 0 Å². The molecule has 0 aromatic heterocycles. The van der Waals surface area contributed by atoms with Crippen molar-refractivity contribution in [2.24, 2.45) is 5.92 Å². The molecule has 0 bridgehead atoms. The Morgan fingerprint density at radius 3 is 2.50 bits per heavy atom. The Labute approximate surface area is 110 Å². The molecule has 18 heavy (non-hydrogen) atoms. The minimum atomic E-state index is 0.579. The normalized spacial score (nSPS) is 39.6. The van der Waals surface area contributed by atoms with Crippen molar-refractivity contribution in [3.05, 3.63) is 35.9 Å². The summed E-state index contributed by atoms with van der Waals surface area (Å²) < 4.78 is 0. The molecule has 4 rings (SSSR count). The maximum Gasteiger partial charge on any atom is 0.0316 e. The molecule has 1 aromatic carbocycles. The van der Waals surface area contributed by atoms with Crippen molar-refractivity contribution in [3.63, 3.8) is 0 Å². The average molecular weight is 241 g/mol. The first-order chi connectivity index (χ1) is 8.93. The van der Waals surface area contributed by atoms with Crippen LogP contribution in [0.3, 0.4) is 0 Å². The summed E-state index contributed by atoms with van der Waals surface area (Å²) in [5, 5.41) is 0. The van der Waals surface area contributed by atoms with Crippen molar-refractivity contribution in [3.8, 4) is 0 Å². The molecule has 0 unspecified atom stereocenters. The van der Waals surface area contributed by atoms with Crippen molar-refractivity contribution < 1.29 is 0 Å². The zero-order valence-corrected chi connectivity index (χ0v) is 11.1. The molecule has 0 N–H and O–H groups in total. The van der Waals surface area contributed by atoms with Gasteiger partial charge >= 0.3 is 0 Å². The van der Waals surface area contributed by atoms with E-state index in [1.54, 1.807) is 5.56 Å². The Morgan fingerprint density at radius 1 is 0.944 bits per heavy atom. The van der Waals surface area contributed by atoms with Crippen LogP contribution in [0.4, 0.5) is 0 Å². The molecular weight excluding hydrogens is 218 g/mol. The third-order valence-corrected chi connectivity index (χ3v) is 5.67. The van der Waals surface area contributed by atoms with E-state index < -0.39 is 0 Å². The largest absolute Gasteiger partial charge is 0.297 e. The second-order valence-electron chi connectivity index (χ2n) is 6.43. The topological polar surface area (TPSA) is 3.24 Å². The van der Waals surface area contributed by atoms with Gasteiger partial charge in [0.2, 0.25) is 0 Å². The van der Waals surface area contributed by atoms with Gasteiger partial charge in [-0.1, -0.05) is 43.2 Å². The summed E-state index contributed by atoms with van der Waals surface area (Å²) in [5.74, 6) is 1.81. The number of likely N-dealkylation sites (tertiary alicyclic amines) is 1. The lowest BCUT2D eigenvalue weighted by Gasteiger charge is -2.32. The third-order valence-electron chi connectivity index (χ3n) is 5.67. The van der Waals surface area contributed by atoms with E-state index in [0.29, 0.717) is 5.54 Å². The number of fused-ring (bicyclic) bond motifs is 1. The number of benzene rings is 1. The summed E-state index contributed by atoms with van der Waals surface area (Å²) >= 11 is 0. The molecule has 1 aromatic rings. The predicted molar refractivity (Wildman–Crippen MR) is 74.7 cm³/mol. The fraction of sp³-hybridized carbons (Fsp3) is 0.647. The molecule has 1 saturated heterocycles. The first kappa shape index (κ1) is 11.0. The minimum Gasteiger partial charge on any atom is -0.297 e. The van der Waals surface area contributed by atoms with E-state index in [0.717, 1.165) is 11.8 Å². The van der Waals surface area contributed by atoms with Gasteiger partial charge in [-0.05, 0) is 50.3 Å². The lowest BCUT2D eigenvalue weighted by atomic mass is 9.93. The third kappa shape index (κ3) is 1.43. The molecule has 0 spiro atoms. The van der Waals surface area contributed by atoms with E-state index in [1.807, 2.05) is 0 Å². The van der Waals surface area contributed by atoms with Crippen LogP contribution in [0.5, 0.6) is 0 Å². The highest BCUT2D eigenvalue weighted by Crippen LogP contribution is 2.67. The van der Waals surface area contributed by atoms with Gasteiger partial charge in [-0.2, -0.15) is 0 Å². The molecular formula is C17H23N. The fourth-order valence-corrected chi connectivity index (χ4v) is 4.94. The highest BCUT2D eigenvalue weighted by molar-refractivity contribution is 5.38. The van der Waals surface area contributed by atoms with Crippen LogP contribution < -0.4 is 0 Å². The standard InChI is InChI=1S/C17H23N/c1-2-8-14(9-3-1)16-15-10-4-5-11-17(15,16)18-12-6-7-13-18/h1-3,8-9,15-16H,4-7,10-13H2/t15-,16+,17+/m0/s1. The maximum atomic E-state index is 2.86. The molecule has 3 aliphatic rings. The van der Waals surface area contributed by atoms with Gasteiger partial charge in [-0.15, -0.1) is 0 Å². The number of rotatable bonds is 2. The Hall–Kier alpha value is -0.820. The molecule has 1 nitrogen and oxygen atoms in total. The van der Waals surface area contributed by atoms with E-state index in [-0.39, 0.29) is 0 Å². The minimum absolute atomic E-state index is 0.579. The molecule has 3 atom stereocenters. The summed E-state index contributed by atoms with van der Waals surface area (Å²) in [6, 6.07) is 11.3. The lowest BCUT2D eigenvalue weighted by Crippen LogP contribution is -2.39. The number of hydrogen-bond donors (Lipinski definition) is 0. The fourth-order valence-electron chi connectivity index (χ4n) is 4.94. The van der Waals surface area contributed by atoms with Gasteiger partial charge in [0, 0.05) is 11.5 Å². The van der Waals surface area contributed by atoms with E-state index in [9.17, 15) is 0 Å². The van der Waals surface area contributed by atoms with Gasteiger partial charge in [-0.25, -0.2) is 0 Å². The number of hydrogen-bond acceptors (Lipinski definition) is 1. The molecule has 2 saturated carbocycles. The van der Waals surface area contributed by atoms with Crippen LogP contribution in [0.1, 0.15) is 50.0 Å². The first-order valence-electron chi connectivity index (χ1n) is 7.73. The quantitative estimate of drug-likeness (QED) is 0.761. The zero-order valence-electron chi connectivity index (χ0n) is 11.1. The summed E-state index contributed by atoms with van der Waals surface area (Å²) in [4.78, 5) is 2.86. The summed E-state index contributed by atoms with van der Waals surface area (Å²) in [6.45, 7) is 2.72. The Kier molecular flexibility index (Phi) is 2.51. The average Bonchev–Trinajstić information content (AvgIpc) is 2.82. The monoisotopic (exact) mass is 241 g/mol. The molecule has 3 fully saturated rings. The summed E-state index contributed by atoms with van der Waals surface area (Å²) in [5.41, 5.74) is 2.19. The van der Waals surface area contributed by atoms with Crippen LogP contribution in [0, 0.1) is 5.92 Å². The molecule has 1 aliphatic heterocycles. The van der Waals surface area contributed by atoms with Crippen molar-refractivity contribution >= 4 is 0 Å². The van der Waals surface area contributed by atoms with Crippen LogP contribution in [0.15, 0.2) is 30.3 Å². The molecule has 0 radical (unpaired) electrons. The van der Waals surface area contributed by atoms with E-state index >= 15 is 0 Å². The Morgan fingerprint density at radius 2 is 1.72 bits per heavy atom.